The average molecular weight is 595 g/mol. The summed E-state index contributed by atoms with van der Waals surface area (Å²) in [4.78, 5) is 32.3. The Balaban J connectivity index is 1.42. The fourth-order valence-corrected chi connectivity index (χ4v) is 4.97. The van der Waals surface area contributed by atoms with Crippen LogP contribution in [0.15, 0.2) is 39.7 Å². The Bertz CT molecular complexity index is 1600. The molecular weight excluding hydrogens is 569 g/mol. The zero-order chi connectivity index (χ0) is 28.8. The molecule has 0 saturated carbocycles. The molecule has 10 nitrogen and oxygen atoms in total. The number of nitrogens with zero attached hydrogens (tertiary/aromatic N) is 6. The van der Waals surface area contributed by atoms with Crippen LogP contribution in [0.25, 0.3) is 22.5 Å². The molecule has 0 radical (unpaired) electrons. The van der Waals surface area contributed by atoms with E-state index < -0.39 is 17.9 Å². The van der Waals surface area contributed by atoms with E-state index in [1.54, 1.807) is 38.3 Å². The molecule has 1 amide bonds. The summed E-state index contributed by atoms with van der Waals surface area (Å²) in [6.07, 6.45) is -0.732. The van der Waals surface area contributed by atoms with E-state index in [2.05, 4.69) is 15.2 Å². The number of likely N-dealkylation sites (tertiary alicyclic amines) is 1. The maximum Gasteiger partial charge on any atom is 0.410 e. The zero-order valence-corrected chi connectivity index (χ0v) is 23.4. The third-order valence-electron chi connectivity index (χ3n) is 6.51. The van der Waals surface area contributed by atoms with Crippen molar-refractivity contribution in [2.24, 2.45) is 0 Å². The molecule has 212 valence electrons. The van der Waals surface area contributed by atoms with Gasteiger partial charge in [0.2, 0.25) is 5.89 Å². The molecule has 0 N–H and O–H groups in total. The van der Waals surface area contributed by atoms with Gasteiger partial charge in [0.15, 0.2) is 0 Å². The van der Waals surface area contributed by atoms with Crippen LogP contribution in [0, 0.1) is 0 Å². The van der Waals surface area contributed by atoms with Crippen LogP contribution in [0.4, 0.5) is 13.6 Å². The van der Waals surface area contributed by atoms with Crippen molar-refractivity contribution in [2.45, 2.75) is 58.2 Å². The molecule has 0 bridgehead atoms. The van der Waals surface area contributed by atoms with Crippen molar-refractivity contribution < 1.29 is 22.7 Å². The minimum absolute atomic E-state index is 0.0812. The Labute approximate surface area is 237 Å². The standard InChI is InChI=1S/C26H26Cl2F2N6O4/c1-26(2,3)40-25(38)34-8-6-16(7-9-34)36-20-11-18(28)17(27)10-19(20)35(24(36)37)13-15-5-4-14(12-31-15)22-32-33-23(39-22)21(29)30/h4-5,10-12,16,21H,6-9,13H2,1-3H3. The first-order valence-electron chi connectivity index (χ1n) is 12.6. The number of hydrogen-bond donors (Lipinski definition) is 0. The molecule has 1 saturated heterocycles. The van der Waals surface area contributed by atoms with Crippen LogP contribution in [-0.2, 0) is 11.3 Å². The average Bonchev–Trinajstić information content (AvgIpc) is 3.48. The van der Waals surface area contributed by atoms with Gasteiger partial charge in [-0.1, -0.05) is 23.2 Å². The van der Waals surface area contributed by atoms with Gasteiger partial charge >= 0.3 is 18.2 Å². The van der Waals surface area contributed by atoms with E-state index in [0.29, 0.717) is 58.3 Å². The van der Waals surface area contributed by atoms with E-state index >= 15 is 0 Å². The van der Waals surface area contributed by atoms with Crippen molar-refractivity contribution in [2.75, 3.05) is 13.1 Å². The number of aromatic nitrogens is 5. The topological polar surface area (TPSA) is 108 Å². The first kappa shape index (κ1) is 28.0. The van der Waals surface area contributed by atoms with Crippen molar-refractivity contribution in [3.8, 4) is 11.5 Å². The summed E-state index contributed by atoms with van der Waals surface area (Å²) in [6.45, 7) is 6.44. The molecule has 0 aliphatic carbocycles. The third kappa shape index (κ3) is 5.68. The van der Waals surface area contributed by atoms with E-state index in [0.717, 1.165) is 0 Å². The minimum atomic E-state index is -2.87. The highest BCUT2D eigenvalue weighted by Gasteiger charge is 2.30. The van der Waals surface area contributed by atoms with Gasteiger partial charge in [0, 0.05) is 25.3 Å². The molecule has 1 aliphatic heterocycles. The van der Waals surface area contributed by atoms with E-state index in [-0.39, 0.29) is 30.3 Å². The number of halogens is 4. The molecule has 3 aromatic heterocycles. The molecule has 4 heterocycles. The second kappa shape index (κ2) is 10.8. The number of hydrogen-bond acceptors (Lipinski definition) is 7. The Hall–Kier alpha value is -3.51. The highest BCUT2D eigenvalue weighted by atomic mass is 35.5. The van der Waals surface area contributed by atoms with Gasteiger partial charge in [0.05, 0.1) is 38.9 Å². The second-order valence-electron chi connectivity index (χ2n) is 10.5. The van der Waals surface area contributed by atoms with Crippen LogP contribution in [0.2, 0.25) is 10.0 Å². The summed E-state index contributed by atoms with van der Waals surface area (Å²) in [6, 6.07) is 6.39. The normalized spacial score (nSPS) is 14.8. The number of carbonyl (C=O) groups excluding carboxylic acids is 1. The molecule has 0 spiro atoms. The summed E-state index contributed by atoms with van der Waals surface area (Å²) >= 11 is 12.7. The number of ether oxygens (including phenoxy) is 1. The van der Waals surface area contributed by atoms with Gasteiger partial charge < -0.3 is 14.1 Å². The quantitative estimate of drug-likeness (QED) is 0.274. The van der Waals surface area contributed by atoms with Gasteiger partial charge in [0.1, 0.15) is 5.60 Å². The van der Waals surface area contributed by atoms with E-state index in [4.69, 9.17) is 32.4 Å². The summed E-state index contributed by atoms with van der Waals surface area (Å²) < 4.78 is 39.3. The van der Waals surface area contributed by atoms with Crippen LogP contribution in [-0.4, -0.2) is 54.0 Å². The summed E-state index contributed by atoms with van der Waals surface area (Å²) in [5.41, 5.74) is 1.23. The largest absolute Gasteiger partial charge is 0.444 e. The lowest BCUT2D eigenvalue weighted by molar-refractivity contribution is 0.0188. The monoisotopic (exact) mass is 594 g/mol. The number of amides is 1. The predicted molar refractivity (Wildman–Crippen MR) is 144 cm³/mol. The molecule has 4 aromatic rings. The van der Waals surface area contributed by atoms with Crippen LogP contribution >= 0.6 is 23.2 Å². The molecule has 1 aromatic carbocycles. The minimum Gasteiger partial charge on any atom is -0.444 e. The maximum atomic E-state index is 13.8. The van der Waals surface area contributed by atoms with Crippen molar-refractivity contribution >= 4 is 40.3 Å². The summed E-state index contributed by atoms with van der Waals surface area (Å²) in [5, 5.41) is 7.57. The number of piperidine rings is 1. The van der Waals surface area contributed by atoms with E-state index in [1.165, 1.54) is 6.20 Å². The van der Waals surface area contributed by atoms with Gasteiger partial charge in [0.25, 0.3) is 5.89 Å². The van der Waals surface area contributed by atoms with Gasteiger partial charge in [-0.2, -0.15) is 8.78 Å². The molecule has 1 fully saturated rings. The number of imidazole rings is 1. The Morgan fingerprint density at radius 2 is 1.80 bits per heavy atom. The van der Waals surface area contributed by atoms with Gasteiger partial charge in [-0.3, -0.25) is 14.1 Å². The fraction of sp³-hybridized carbons (Fsp3) is 0.423. The Morgan fingerprint density at radius 1 is 1.12 bits per heavy atom. The first-order valence-corrected chi connectivity index (χ1v) is 13.3. The van der Waals surface area contributed by atoms with Crippen molar-refractivity contribution in [1.82, 2.24) is 29.2 Å². The van der Waals surface area contributed by atoms with Gasteiger partial charge in [-0.25, -0.2) is 9.59 Å². The zero-order valence-electron chi connectivity index (χ0n) is 21.9. The summed E-state index contributed by atoms with van der Waals surface area (Å²) in [7, 11) is 0. The van der Waals surface area contributed by atoms with Crippen molar-refractivity contribution in [1.29, 1.82) is 0 Å². The summed E-state index contributed by atoms with van der Waals surface area (Å²) in [5.74, 6) is -0.854. The van der Waals surface area contributed by atoms with Crippen molar-refractivity contribution in [3.05, 3.63) is 62.6 Å². The highest BCUT2D eigenvalue weighted by Crippen LogP contribution is 2.32. The Morgan fingerprint density at radius 3 is 2.38 bits per heavy atom. The molecule has 0 unspecified atom stereocenters. The smallest absolute Gasteiger partial charge is 0.410 e. The van der Waals surface area contributed by atoms with E-state index in [9.17, 15) is 18.4 Å². The van der Waals surface area contributed by atoms with Crippen molar-refractivity contribution in [3.63, 3.8) is 0 Å². The second-order valence-corrected chi connectivity index (χ2v) is 11.3. The number of pyridine rings is 1. The number of fused-ring (bicyclic) bond motifs is 1. The third-order valence-corrected chi connectivity index (χ3v) is 7.23. The lowest BCUT2D eigenvalue weighted by Crippen LogP contribution is -2.43. The van der Waals surface area contributed by atoms with Gasteiger partial charge in [-0.05, 0) is 57.9 Å². The first-order chi connectivity index (χ1) is 18.9. The molecular formula is C26H26Cl2F2N6O4. The maximum absolute atomic E-state index is 13.8. The lowest BCUT2D eigenvalue weighted by atomic mass is 10.0. The van der Waals surface area contributed by atoms with E-state index in [1.807, 2.05) is 20.8 Å². The number of rotatable bonds is 5. The van der Waals surface area contributed by atoms with Crippen LogP contribution in [0.1, 0.15) is 57.7 Å². The Kier molecular flexibility index (Phi) is 7.58. The number of alkyl halides is 2. The van der Waals surface area contributed by atoms with Crippen LogP contribution in [0.5, 0.6) is 0 Å². The SMILES string of the molecule is CC(C)(C)OC(=O)N1CCC(n2c(=O)n(Cc3ccc(-c4nnc(C(F)F)o4)cn3)c3cc(Cl)c(Cl)cc32)CC1. The number of benzene rings is 1. The predicted octanol–water partition coefficient (Wildman–Crippen LogP) is 6.11. The lowest BCUT2D eigenvalue weighted by Gasteiger charge is -2.33. The molecule has 1 aliphatic rings. The van der Waals surface area contributed by atoms with Gasteiger partial charge in [-0.15, -0.1) is 10.2 Å². The molecule has 40 heavy (non-hydrogen) atoms. The van der Waals surface area contributed by atoms with Crippen LogP contribution in [0.3, 0.4) is 0 Å². The van der Waals surface area contributed by atoms with Crippen LogP contribution < -0.4 is 5.69 Å². The molecule has 0 atom stereocenters. The fourth-order valence-electron chi connectivity index (χ4n) is 4.66. The molecule has 5 rings (SSSR count). The molecule has 14 heteroatoms. The highest BCUT2D eigenvalue weighted by molar-refractivity contribution is 6.42. The number of carbonyl (C=O) groups is 1.